The van der Waals surface area contributed by atoms with Crippen molar-refractivity contribution in [1.29, 1.82) is 0 Å². The fraction of sp³-hybridized carbons (Fsp3) is 0.471. The minimum atomic E-state index is -0.768. The zero-order chi connectivity index (χ0) is 18.1. The van der Waals surface area contributed by atoms with E-state index >= 15 is 0 Å². The van der Waals surface area contributed by atoms with Gasteiger partial charge in [0.05, 0.1) is 16.8 Å². The lowest BCUT2D eigenvalue weighted by atomic mass is 9.77. The standard InChI is InChI=1S/C17H22BF2NO3/c1-16(2)17(3,4)24-18(23-16)13(9-21-5)6-11-7-15(20)12(10-22)8-14(11)19/h6-8,10,21H,9H2,1-5H3. The maximum absolute atomic E-state index is 14.1. The zero-order valence-corrected chi connectivity index (χ0v) is 14.6. The Morgan fingerprint density at radius 2 is 1.62 bits per heavy atom. The van der Waals surface area contributed by atoms with Crippen LogP contribution < -0.4 is 5.32 Å². The highest BCUT2D eigenvalue weighted by atomic mass is 19.1. The Hall–Kier alpha value is -1.57. The highest BCUT2D eigenvalue weighted by molar-refractivity contribution is 6.55. The molecule has 0 radical (unpaired) electrons. The van der Waals surface area contributed by atoms with Crippen LogP contribution in [0.2, 0.25) is 0 Å². The number of rotatable bonds is 5. The number of hydrogen-bond donors (Lipinski definition) is 1. The van der Waals surface area contributed by atoms with Crippen molar-refractivity contribution in [3.8, 4) is 0 Å². The lowest BCUT2D eigenvalue weighted by molar-refractivity contribution is 0.00578. The molecule has 1 aliphatic rings. The maximum atomic E-state index is 14.1. The van der Waals surface area contributed by atoms with E-state index in [1.54, 1.807) is 7.05 Å². The third kappa shape index (κ3) is 3.58. The van der Waals surface area contributed by atoms with Gasteiger partial charge in [-0.15, -0.1) is 0 Å². The van der Waals surface area contributed by atoms with Crippen LogP contribution in [0, 0.1) is 11.6 Å². The monoisotopic (exact) mass is 337 g/mol. The number of aldehydes is 1. The molecular formula is C17H22BF2NO3. The molecule has 24 heavy (non-hydrogen) atoms. The largest absolute Gasteiger partial charge is 0.491 e. The van der Waals surface area contributed by atoms with Gasteiger partial charge in [-0.1, -0.05) is 6.08 Å². The van der Waals surface area contributed by atoms with E-state index in [0.717, 1.165) is 12.1 Å². The Balaban J connectivity index is 2.40. The van der Waals surface area contributed by atoms with Gasteiger partial charge < -0.3 is 14.6 Å². The van der Waals surface area contributed by atoms with E-state index in [9.17, 15) is 13.6 Å². The zero-order valence-electron chi connectivity index (χ0n) is 14.6. The van der Waals surface area contributed by atoms with E-state index in [2.05, 4.69) is 5.32 Å². The van der Waals surface area contributed by atoms with Gasteiger partial charge in [0, 0.05) is 12.1 Å². The number of carbonyl (C=O) groups excluding carboxylic acids is 1. The van der Waals surface area contributed by atoms with E-state index < -0.39 is 30.0 Å². The van der Waals surface area contributed by atoms with Gasteiger partial charge in [0.1, 0.15) is 11.6 Å². The van der Waals surface area contributed by atoms with Crippen LogP contribution in [0.4, 0.5) is 8.78 Å². The molecule has 0 amide bonds. The topological polar surface area (TPSA) is 47.6 Å². The van der Waals surface area contributed by atoms with Crippen LogP contribution in [-0.4, -0.2) is 38.2 Å². The molecule has 0 aliphatic carbocycles. The first-order valence-corrected chi connectivity index (χ1v) is 7.76. The molecule has 0 unspecified atom stereocenters. The summed E-state index contributed by atoms with van der Waals surface area (Å²) in [5.41, 5.74) is -0.701. The summed E-state index contributed by atoms with van der Waals surface area (Å²) in [5.74, 6) is -1.45. The van der Waals surface area contributed by atoms with E-state index in [-0.39, 0.29) is 17.4 Å². The van der Waals surface area contributed by atoms with Crippen LogP contribution in [0.25, 0.3) is 6.08 Å². The maximum Gasteiger partial charge on any atom is 0.491 e. The van der Waals surface area contributed by atoms with Crippen molar-refractivity contribution in [2.75, 3.05) is 13.6 Å². The van der Waals surface area contributed by atoms with Crippen molar-refractivity contribution in [2.45, 2.75) is 38.9 Å². The Morgan fingerprint density at radius 3 is 2.12 bits per heavy atom. The van der Waals surface area contributed by atoms with Gasteiger partial charge in [-0.25, -0.2) is 8.78 Å². The van der Waals surface area contributed by atoms with Crippen molar-refractivity contribution < 1.29 is 22.9 Å². The molecule has 0 spiro atoms. The highest BCUT2D eigenvalue weighted by Crippen LogP contribution is 2.38. The second kappa shape index (κ2) is 6.74. The number of carbonyl (C=O) groups is 1. The smallest absolute Gasteiger partial charge is 0.400 e. The molecule has 0 saturated carbocycles. The van der Waals surface area contributed by atoms with Gasteiger partial charge >= 0.3 is 7.12 Å². The number of likely N-dealkylation sites (N-methyl/N-ethyl adjacent to an activating group) is 1. The summed E-state index contributed by atoms with van der Waals surface area (Å²) in [5, 5.41) is 2.98. The van der Waals surface area contributed by atoms with Gasteiger partial charge in [-0.3, -0.25) is 4.79 Å². The first kappa shape index (κ1) is 18.8. The summed E-state index contributed by atoms with van der Waals surface area (Å²) in [6.07, 6.45) is 1.78. The fourth-order valence-corrected chi connectivity index (χ4v) is 2.38. The van der Waals surface area contributed by atoms with E-state index in [4.69, 9.17) is 9.31 Å². The van der Waals surface area contributed by atoms with E-state index in [1.165, 1.54) is 6.08 Å². The summed E-state index contributed by atoms with van der Waals surface area (Å²) >= 11 is 0. The van der Waals surface area contributed by atoms with Crippen LogP contribution in [0.5, 0.6) is 0 Å². The van der Waals surface area contributed by atoms with Crippen LogP contribution >= 0.6 is 0 Å². The quantitative estimate of drug-likeness (QED) is 0.663. The van der Waals surface area contributed by atoms with Gasteiger partial charge in [-0.2, -0.15) is 0 Å². The van der Waals surface area contributed by atoms with Gasteiger partial charge in [0.2, 0.25) is 0 Å². The minimum Gasteiger partial charge on any atom is -0.400 e. The number of hydrogen-bond acceptors (Lipinski definition) is 4. The average molecular weight is 337 g/mol. The van der Waals surface area contributed by atoms with Crippen molar-refractivity contribution in [3.05, 3.63) is 40.4 Å². The Bertz CT molecular complexity index is 658. The molecule has 7 heteroatoms. The number of benzene rings is 1. The lowest BCUT2D eigenvalue weighted by Gasteiger charge is -2.32. The Morgan fingerprint density at radius 1 is 1.12 bits per heavy atom. The first-order valence-electron chi connectivity index (χ1n) is 7.76. The molecule has 4 nitrogen and oxygen atoms in total. The molecule has 1 saturated heterocycles. The molecule has 130 valence electrons. The van der Waals surface area contributed by atoms with Crippen LogP contribution in [0.3, 0.4) is 0 Å². The summed E-state index contributed by atoms with van der Waals surface area (Å²) < 4.78 is 39.8. The summed E-state index contributed by atoms with van der Waals surface area (Å²) in [7, 11) is 1.07. The second-order valence-corrected chi connectivity index (χ2v) is 6.85. The van der Waals surface area contributed by atoms with Crippen LogP contribution in [0.1, 0.15) is 43.6 Å². The molecule has 1 aliphatic heterocycles. The Labute approximate surface area is 141 Å². The number of nitrogens with one attached hydrogen (secondary N) is 1. The molecule has 1 N–H and O–H groups in total. The molecule has 1 aromatic carbocycles. The molecule has 0 aromatic heterocycles. The Kier molecular flexibility index (Phi) is 5.27. The van der Waals surface area contributed by atoms with Crippen molar-refractivity contribution in [3.63, 3.8) is 0 Å². The SMILES string of the molecule is CNCC(=Cc1cc(F)c(C=O)cc1F)B1OC(C)(C)C(C)(C)O1. The highest BCUT2D eigenvalue weighted by Gasteiger charge is 2.52. The molecule has 1 fully saturated rings. The van der Waals surface area contributed by atoms with Crippen molar-refractivity contribution in [2.24, 2.45) is 0 Å². The number of halogens is 2. The molecule has 1 heterocycles. The van der Waals surface area contributed by atoms with Crippen molar-refractivity contribution >= 4 is 19.5 Å². The minimum absolute atomic E-state index is 0.0399. The fourth-order valence-electron chi connectivity index (χ4n) is 2.38. The summed E-state index contributed by atoms with van der Waals surface area (Å²) in [4.78, 5) is 10.7. The van der Waals surface area contributed by atoms with Crippen LogP contribution in [-0.2, 0) is 9.31 Å². The normalized spacial score (nSPS) is 19.6. The third-order valence-electron chi connectivity index (χ3n) is 4.52. The average Bonchev–Trinajstić information content (AvgIpc) is 2.70. The lowest BCUT2D eigenvalue weighted by Crippen LogP contribution is -2.41. The summed E-state index contributed by atoms with van der Waals surface area (Å²) in [6.45, 7) is 8.06. The van der Waals surface area contributed by atoms with Gasteiger partial charge in [0.15, 0.2) is 6.29 Å². The third-order valence-corrected chi connectivity index (χ3v) is 4.52. The van der Waals surface area contributed by atoms with Gasteiger partial charge in [-0.05, 0) is 52.3 Å². The van der Waals surface area contributed by atoms with Gasteiger partial charge in [0.25, 0.3) is 0 Å². The predicted octanol–water partition coefficient (Wildman–Crippen LogP) is 3.01. The summed E-state index contributed by atoms with van der Waals surface area (Å²) in [6, 6.07) is 1.88. The van der Waals surface area contributed by atoms with Crippen molar-refractivity contribution in [1.82, 2.24) is 5.32 Å². The molecule has 0 atom stereocenters. The molecule has 1 aromatic rings. The second-order valence-electron chi connectivity index (χ2n) is 6.85. The predicted molar refractivity (Wildman–Crippen MR) is 89.7 cm³/mol. The van der Waals surface area contributed by atoms with E-state index in [1.807, 2.05) is 27.7 Å². The van der Waals surface area contributed by atoms with E-state index in [0.29, 0.717) is 12.0 Å². The molecule has 0 bridgehead atoms. The van der Waals surface area contributed by atoms with Crippen LogP contribution in [0.15, 0.2) is 17.6 Å². The molecule has 2 rings (SSSR count). The first-order chi connectivity index (χ1) is 11.1. The molecular weight excluding hydrogens is 315 g/mol.